The van der Waals surface area contributed by atoms with Crippen LogP contribution in [-0.4, -0.2) is 12.6 Å². The monoisotopic (exact) mass is 327 g/mol. The van der Waals surface area contributed by atoms with Gasteiger partial charge in [-0.1, -0.05) is 36.2 Å². The van der Waals surface area contributed by atoms with E-state index in [1.165, 1.54) is 19.3 Å². The first-order valence-electron chi connectivity index (χ1n) is 7.23. The van der Waals surface area contributed by atoms with Crippen LogP contribution >= 0.6 is 15.9 Å². The van der Waals surface area contributed by atoms with Gasteiger partial charge in [0.05, 0.1) is 0 Å². The summed E-state index contributed by atoms with van der Waals surface area (Å²) in [6, 6.07) is 5.80. The fourth-order valence-corrected chi connectivity index (χ4v) is 3.43. The summed E-state index contributed by atoms with van der Waals surface area (Å²) in [6.07, 6.45) is 4.66. The average Bonchev–Trinajstić information content (AvgIpc) is 2.79. The molecular weight excluding hydrogens is 305 g/mol. The van der Waals surface area contributed by atoms with E-state index in [9.17, 15) is 4.39 Å². The lowest BCUT2D eigenvalue weighted by Crippen LogP contribution is -2.31. The first kappa shape index (κ1) is 15.0. The Labute approximate surface area is 124 Å². The molecule has 1 saturated carbocycles. The maximum absolute atomic E-state index is 13.8. The van der Waals surface area contributed by atoms with Crippen LogP contribution in [0.1, 0.15) is 38.7 Å². The van der Waals surface area contributed by atoms with Crippen molar-refractivity contribution in [3.63, 3.8) is 0 Å². The number of rotatable bonds is 5. The SMILES string of the molecule is CC(C)NCC1CCCC1Cc1cc(Br)ccc1F. The highest BCUT2D eigenvalue weighted by Gasteiger charge is 2.27. The molecule has 0 saturated heterocycles. The van der Waals surface area contributed by atoms with Crippen molar-refractivity contribution in [3.05, 3.63) is 34.1 Å². The predicted molar refractivity (Wildman–Crippen MR) is 81.8 cm³/mol. The maximum atomic E-state index is 13.8. The van der Waals surface area contributed by atoms with Crippen molar-refractivity contribution in [2.75, 3.05) is 6.54 Å². The molecule has 0 radical (unpaired) electrons. The van der Waals surface area contributed by atoms with Crippen LogP contribution in [0.3, 0.4) is 0 Å². The summed E-state index contributed by atoms with van der Waals surface area (Å²) in [5.41, 5.74) is 0.857. The summed E-state index contributed by atoms with van der Waals surface area (Å²) < 4.78 is 14.8. The lowest BCUT2D eigenvalue weighted by Gasteiger charge is -2.21. The highest BCUT2D eigenvalue weighted by Crippen LogP contribution is 2.34. The van der Waals surface area contributed by atoms with E-state index < -0.39 is 0 Å². The summed E-state index contributed by atoms with van der Waals surface area (Å²) in [6.45, 7) is 5.42. The zero-order valence-electron chi connectivity index (χ0n) is 11.8. The molecule has 2 atom stereocenters. The summed E-state index contributed by atoms with van der Waals surface area (Å²) in [7, 11) is 0. The Hall–Kier alpha value is -0.410. The average molecular weight is 328 g/mol. The first-order chi connectivity index (χ1) is 9.06. The topological polar surface area (TPSA) is 12.0 Å². The molecule has 1 aliphatic carbocycles. The molecule has 0 aromatic heterocycles. The van der Waals surface area contributed by atoms with Crippen LogP contribution in [-0.2, 0) is 6.42 Å². The third-order valence-electron chi connectivity index (χ3n) is 4.09. The van der Waals surface area contributed by atoms with Crippen molar-refractivity contribution in [1.82, 2.24) is 5.32 Å². The van der Waals surface area contributed by atoms with Gasteiger partial charge in [-0.15, -0.1) is 0 Å². The summed E-state index contributed by atoms with van der Waals surface area (Å²) in [5, 5.41) is 3.53. The normalized spacial score (nSPS) is 23.2. The molecule has 3 heteroatoms. The van der Waals surface area contributed by atoms with Crippen LogP contribution < -0.4 is 5.32 Å². The lowest BCUT2D eigenvalue weighted by molar-refractivity contribution is 0.351. The van der Waals surface area contributed by atoms with Gasteiger partial charge in [0.1, 0.15) is 5.82 Å². The molecule has 1 nitrogen and oxygen atoms in total. The molecule has 0 heterocycles. The summed E-state index contributed by atoms with van der Waals surface area (Å²) in [5.74, 6) is 1.25. The van der Waals surface area contributed by atoms with Gasteiger partial charge in [0.25, 0.3) is 0 Å². The van der Waals surface area contributed by atoms with E-state index >= 15 is 0 Å². The van der Waals surface area contributed by atoms with Crippen LogP contribution in [0.5, 0.6) is 0 Å². The van der Waals surface area contributed by atoms with Gasteiger partial charge in [-0.2, -0.15) is 0 Å². The molecule has 1 N–H and O–H groups in total. The molecule has 1 aliphatic rings. The van der Waals surface area contributed by atoms with Crippen molar-refractivity contribution in [2.45, 2.75) is 45.6 Å². The number of halogens is 2. The Morgan fingerprint density at radius 1 is 1.32 bits per heavy atom. The molecule has 1 aromatic carbocycles. The zero-order chi connectivity index (χ0) is 13.8. The Morgan fingerprint density at radius 2 is 2.05 bits per heavy atom. The van der Waals surface area contributed by atoms with Crippen LogP contribution in [0.2, 0.25) is 0 Å². The summed E-state index contributed by atoms with van der Waals surface area (Å²) in [4.78, 5) is 0. The fourth-order valence-electron chi connectivity index (χ4n) is 3.02. The highest BCUT2D eigenvalue weighted by molar-refractivity contribution is 9.10. The predicted octanol–water partition coefficient (Wildman–Crippen LogP) is 4.55. The van der Waals surface area contributed by atoms with Crippen LogP contribution in [0.15, 0.2) is 22.7 Å². The highest BCUT2D eigenvalue weighted by atomic mass is 79.9. The lowest BCUT2D eigenvalue weighted by atomic mass is 9.89. The third-order valence-corrected chi connectivity index (χ3v) is 4.59. The molecule has 0 bridgehead atoms. The zero-order valence-corrected chi connectivity index (χ0v) is 13.3. The van der Waals surface area contributed by atoms with E-state index in [2.05, 4.69) is 35.1 Å². The second-order valence-corrected chi connectivity index (χ2v) is 6.87. The summed E-state index contributed by atoms with van der Waals surface area (Å²) >= 11 is 3.43. The van der Waals surface area contributed by atoms with E-state index in [0.29, 0.717) is 17.9 Å². The second kappa shape index (κ2) is 6.85. The van der Waals surface area contributed by atoms with E-state index in [-0.39, 0.29) is 5.82 Å². The fraction of sp³-hybridized carbons (Fsp3) is 0.625. The van der Waals surface area contributed by atoms with E-state index in [1.54, 1.807) is 12.1 Å². The van der Waals surface area contributed by atoms with Gasteiger partial charge in [-0.05, 0) is 61.4 Å². The third kappa shape index (κ3) is 4.28. The van der Waals surface area contributed by atoms with Crippen LogP contribution in [0.25, 0.3) is 0 Å². The Bertz CT molecular complexity index is 419. The molecule has 2 unspecified atom stereocenters. The largest absolute Gasteiger partial charge is 0.314 e. The number of nitrogens with one attached hydrogen (secondary N) is 1. The Morgan fingerprint density at radius 3 is 2.79 bits per heavy atom. The van der Waals surface area contributed by atoms with E-state index in [1.807, 2.05) is 6.07 Å². The second-order valence-electron chi connectivity index (χ2n) is 5.95. The van der Waals surface area contributed by atoms with Gasteiger partial charge in [-0.25, -0.2) is 4.39 Å². The van der Waals surface area contributed by atoms with Gasteiger partial charge < -0.3 is 5.32 Å². The maximum Gasteiger partial charge on any atom is 0.126 e. The smallest absolute Gasteiger partial charge is 0.126 e. The van der Waals surface area contributed by atoms with E-state index in [4.69, 9.17) is 0 Å². The molecule has 1 fully saturated rings. The van der Waals surface area contributed by atoms with Crippen LogP contribution in [0, 0.1) is 17.7 Å². The molecule has 1 aromatic rings. The first-order valence-corrected chi connectivity index (χ1v) is 8.03. The van der Waals surface area contributed by atoms with Crippen molar-refractivity contribution in [2.24, 2.45) is 11.8 Å². The number of hydrogen-bond donors (Lipinski definition) is 1. The van der Waals surface area contributed by atoms with Gasteiger partial charge in [0, 0.05) is 10.5 Å². The standard InChI is InChI=1S/C16H23BrFN/c1-11(2)19-10-13-5-3-4-12(13)8-14-9-15(17)6-7-16(14)18/h6-7,9,11-13,19H,3-5,8,10H2,1-2H3. The Balaban J connectivity index is 1.98. The molecular formula is C16H23BrFN. The van der Waals surface area contributed by atoms with Crippen molar-refractivity contribution >= 4 is 15.9 Å². The van der Waals surface area contributed by atoms with E-state index in [0.717, 1.165) is 23.0 Å². The van der Waals surface area contributed by atoms with Gasteiger partial charge >= 0.3 is 0 Å². The molecule has 0 amide bonds. The number of hydrogen-bond acceptors (Lipinski definition) is 1. The minimum Gasteiger partial charge on any atom is -0.314 e. The molecule has 19 heavy (non-hydrogen) atoms. The quantitative estimate of drug-likeness (QED) is 0.836. The molecule has 106 valence electrons. The van der Waals surface area contributed by atoms with Crippen molar-refractivity contribution in [3.8, 4) is 0 Å². The van der Waals surface area contributed by atoms with Crippen molar-refractivity contribution in [1.29, 1.82) is 0 Å². The minimum absolute atomic E-state index is 0.0642. The molecule has 0 spiro atoms. The minimum atomic E-state index is -0.0642. The van der Waals surface area contributed by atoms with Crippen molar-refractivity contribution < 1.29 is 4.39 Å². The van der Waals surface area contributed by atoms with Gasteiger partial charge in [0.2, 0.25) is 0 Å². The van der Waals surface area contributed by atoms with Gasteiger partial charge in [0.15, 0.2) is 0 Å². The number of benzene rings is 1. The Kier molecular flexibility index (Phi) is 5.40. The van der Waals surface area contributed by atoms with Gasteiger partial charge in [-0.3, -0.25) is 0 Å². The molecule has 2 rings (SSSR count). The molecule has 0 aliphatic heterocycles. The van der Waals surface area contributed by atoms with Crippen LogP contribution in [0.4, 0.5) is 4.39 Å².